The van der Waals surface area contributed by atoms with Crippen molar-refractivity contribution in [1.82, 2.24) is 4.90 Å². The highest BCUT2D eigenvalue weighted by Gasteiger charge is 2.28. The van der Waals surface area contributed by atoms with Gasteiger partial charge in [-0.25, -0.2) is 0 Å². The van der Waals surface area contributed by atoms with Crippen molar-refractivity contribution >= 4 is 11.3 Å². The van der Waals surface area contributed by atoms with Gasteiger partial charge in [-0.15, -0.1) is 11.3 Å². The fourth-order valence-electron chi connectivity index (χ4n) is 2.73. The van der Waals surface area contributed by atoms with Gasteiger partial charge >= 0.3 is 0 Å². The second kappa shape index (κ2) is 5.51. The molecular weight excluding hydrogens is 228 g/mol. The molecule has 0 aromatic carbocycles. The Morgan fingerprint density at radius 2 is 2.24 bits per heavy atom. The molecule has 3 heteroatoms. The molecule has 1 aliphatic heterocycles. The van der Waals surface area contributed by atoms with Crippen LogP contribution in [0, 0.1) is 18.8 Å². The van der Waals surface area contributed by atoms with Crippen LogP contribution >= 0.6 is 11.3 Å². The summed E-state index contributed by atoms with van der Waals surface area (Å²) in [6.45, 7) is 10.1. The van der Waals surface area contributed by atoms with Crippen LogP contribution < -0.4 is 5.73 Å². The van der Waals surface area contributed by atoms with E-state index in [-0.39, 0.29) is 0 Å². The fourth-order valence-corrected chi connectivity index (χ4v) is 3.80. The molecule has 96 valence electrons. The first-order valence-corrected chi connectivity index (χ1v) is 7.49. The summed E-state index contributed by atoms with van der Waals surface area (Å²) in [4.78, 5) is 4.05. The SMILES string of the molecule is Cc1ccsc1C(CN)N1CCC(C)C(C)C1. The lowest BCUT2D eigenvalue weighted by atomic mass is 9.87. The molecule has 0 spiro atoms. The number of likely N-dealkylation sites (tertiary alicyclic amines) is 1. The first-order chi connectivity index (χ1) is 8.13. The number of piperidine rings is 1. The van der Waals surface area contributed by atoms with Crippen LogP contribution in [0.4, 0.5) is 0 Å². The van der Waals surface area contributed by atoms with Crippen LogP contribution in [0.1, 0.15) is 36.8 Å². The summed E-state index contributed by atoms with van der Waals surface area (Å²) >= 11 is 1.86. The smallest absolute Gasteiger partial charge is 0.0567 e. The maximum absolute atomic E-state index is 6.01. The standard InChI is InChI=1S/C14H24N2S/c1-10-4-6-16(9-12(10)3)13(8-15)14-11(2)5-7-17-14/h5,7,10,12-13H,4,6,8-9,15H2,1-3H3. The molecule has 0 aliphatic carbocycles. The Labute approximate surface area is 109 Å². The van der Waals surface area contributed by atoms with E-state index in [1.165, 1.54) is 30.0 Å². The van der Waals surface area contributed by atoms with Gasteiger partial charge in [0.1, 0.15) is 0 Å². The summed E-state index contributed by atoms with van der Waals surface area (Å²) in [5.74, 6) is 1.65. The van der Waals surface area contributed by atoms with E-state index >= 15 is 0 Å². The fraction of sp³-hybridized carbons (Fsp3) is 0.714. The van der Waals surface area contributed by atoms with E-state index < -0.39 is 0 Å². The summed E-state index contributed by atoms with van der Waals surface area (Å²) in [6, 6.07) is 2.64. The number of nitrogens with two attached hydrogens (primary N) is 1. The first kappa shape index (κ1) is 13.1. The van der Waals surface area contributed by atoms with E-state index in [1.807, 2.05) is 11.3 Å². The molecule has 2 N–H and O–H groups in total. The van der Waals surface area contributed by atoms with Gasteiger partial charge in [0, 0.05) is 18.0 Å². The number of hydrogen-bond acceptors (Lipinski definition) is 3. The van der Waals surface area contributed by atoms with Crippen molar-refractivity contribution in [2.45, 2.75) is 33.2 Å². The lowest BCUT2D eigenvalue weighted by Crippen LogP contribution is -2.43. The third-order valence-electron chi connectivity index (χ3n) is 4.23. The van der Waals surface area contributed by atoms with Gasteiger partial charge in [-0.05, 0) is 48.7 Å². The predicted molar refractivity (Wildman–Crippen MR) is 75.4 cm³/mol. The van der Waals surface area contributed by atoms with Gasteiger partial charge in [0.15, 0.2) is 0 Å². The van der Waals surface area contributed by atoms with Crippen molar-refractivity contribution < 1.29 is 0 Å². The van der Waals surface area contributed by atoms with E-state index in [9.17, 15) is 0 Å². The highest BCUT2D eigenvalue weighted by molar-refractivity contribution is 7.10. The van der Waals surface area contributed by atoms with Gasteiger partial charge in [-0.2, -0.15) is 0 Å². The van der Waals surface area contributed by atoms with Crippen molar-refractivity contribution in [1.29, 1.82) is 0 Å². The van der Waals surface area contributed by atoms with Gasteiger partial charge in [-0.3, -0.25) is 4.90 Å². The van der Waals surface area contributed by atoms with E-state index in [0.717, 1.165) is 18.4 Å². The van der Waals surface area contributed by atoms with Gasteiger partial charge in [-0.1, -0.05) is 13.8 Å². The number of nitrogens with zero attached hydrogens (tertiary/aromatic N) is 1. The molecule has 2 heterocycles. The molecular formula is C14H24N2S. The zero-order valence-electron chi connectivity index (χ0n) is 11.1. The van der Waals surface area contributed by atoms with E-state index in [4.69, 9.17) is 5.73 Å². The van der Waals surface area contributed by atoms with Crippen molar-refractivity contribution in [2.24, 2.45) is 17.6 Å². The van der Waals surface area contributed by atoms with Crippen molar-refractivity contribution in [3.05, 3.63) is 21.9 Å². The molecule has 1 saturated heterocycles. The molecule has 0 saturated carbocycles. The Bertz CT molecular complexity index is 361. The average molecular weight is 252 g/mol. The first-order valence-electron chi connectivity index (χ1n) is 6.61. The van der Waals surface area contributed by atoms with E-state index in [2.05, 4.69) is 37.1 Å². The molecule has 2 rings (SSSR count). The summed E-state index contributed by atoms with van der Waals surface area (Å²) in [5.41, 5.74) is 7.41. The van der Waals surface area contributed by atoms with Crippen molar-refractivity contribution in [3.8, 4) is 0 Å². The monoisotopic (exact) mass is 252 g/mol. The van der Waals surface area contributed by atoms with Crippen molar-refractivity contribution in [3.63, 3.8) is 0 Å². The van der Waals surface area contributed by atoms with Gasteiger partial charge in [0.2, 0.25) is 0 Å². The van der Waals surface area contributed by atoms with Crippen molar-refractivity contribution in [2.75, 3.05) is 19.6 Å². The molecule has 17 heavy (non-hydrogen) atoms. The van der Waals surface area contributed by atoms with Gasteiger partial charge in [0.05, 0.1) is 6.04 Å². The molecule has 0 bridgehead atoms. The topological polar surface area (TPSA) is 29.3 Å². The van der Waals surface area contributed by atoms with E-state index in [1.54, 1.807) is 0 Å². The third-order valence-corrected chi connectivity index (χ3v) is 5.35. The molecule has 1 aromatic rings. The minimum atomic E-state index is 0.435. The molecule has 2 nitrogen and oxygen atoms in total. The number of thiophene rings is 1. The highest BCUT2D eigenvalue weighted by atomic mass is 32.1. The molecule has 3 atom stereocenters. The molecule has 1 fully saturated rings. The lowest BCUT2D eigenvalue weighted by molar-refractivity contribution is 0.0995. The van der Waals surface area contributed by atoms with Gasteiger partial charge in [0.25, 0.3) is 0 Å². The second-order valence-electron chi connectivity index (χ2n) is 5.46. The van der Waals surface area contributed by atoms with Crippen LogP contribution in [0.5, 0.6) is 0 Å². The minimum Gasteiger partial charge on any atom is -0.329 e. The quantitative estimate of drug-likeness (QED) is 0.896. The molecule has 0 amide bonds. The normalized spacial score (nSPS) is 28.2. The van der Waals surface area contributed by atoms with Crippen LogP contribution in [-0.4, -0.2) is 24.5 Å². The third kappa shape index (κ3) is 2.72. The highest BCUT2D eigenvalue weighted by Crippen LogP contribution is 2.32. The predicted octanol–water partition coefficient (Wildman–Crippen LogP) is 3.03. The Morgan fingerprint density at radius 1 is 1.47 bits per heavy atom. The molecule has 1 aromatic heterocycles. The Hall–Kier alpha value is -0.380. The molecule has 3 unspecified atom stereocenters. The maximum atomic E-state index is 6.01. The summed E-state index contributed by atoms with van der Waals surface area (Å²) in [6.07, 6.45) is 1.31. The average Bonchev–Trinajstić information content (AvgIpc) is 2.71. The molecule has 1 aliphatic rings. The largest absolute Gasteiger partial charge is 0.329 e. The number of aryl methyl sites for hydroxylation is 1. The summed E-state index contributed by atoms with van der Waals surface area (Å²) in [7, 11) is 0. The van der Waals surface area contributed by atoms with Crippen LogP contribution in [0.15, 0.2) is 11.4 Å². The van der Waals surface area contributed by atoms with Crippen LogP contribution in [-0.2, 0) is 0 Å². The summed E-state index contributed by atoms with van der Waals surface area (Å²) < 4.78 is 0. The zero-order valence-corrected chi connectivity index (χ0v) is 12.0. The zero-order chi connectivity index (χ0) is 12.4. The van der Waals surface area contributed by atoms with E-state index in [0.29, 0.717) is 6.04 Å². The van der Waals surface area contributed by atoms with Crippen LogP contribution in [0.25, 0.3) is 0 Å². The second-order valence-corrected chi connectivity index (χ2v) is 6.41. The Morgan fingerprint density at radius 3 is 2.76 bits per heavy atom. The van der Waals surface area contributed by atoms with Crippen LogP contribution in [0.2, 0.25) is 0 Å². The Kier molecular flexibility index (Phi) is 4.23. The minimum absolute atomic E-state index is 0.435. The lowest BCUT2D eigenvalue weighted by Gasteiger charge is -2.39. The molecule has 0 radical (unpaired) electrons. The Balaban J connectivity index is 2.12. The van der Waals surface area contributed by atoms with Gasteiger partial charge < -0.3 is 5.73 Å². The summed E-state index contributed by atoms with van der Waals surface area (Å²) in [5, 5.41) is 2.18. The maximum Gasteiger partial charge on any atom is 0.0567 e. The number of rotatable bonds is 3. The van der Waals surface area contributed by atoms with Crippen LogP contribution in [0.3, 0.4) is 0 Å². The number of hydrogen-bond donors (Lipinski definition) is 1.